The average molecular weight is 590 g/mol. The zero-order valence-corrected chi connectivity index (χ0v) is 24.1. The van der Waals surface area contributed by atoms with Gasteiger partial charge in [-0.3, -0.25) is 4.90 Å². The van der Waals surface area contributed by atoms with Crippen molar-refractivity contribution in [3.8, 4) is 5.75 Å². The monoisotopic (exact) mass is 588 g/mol. The summed E-state index contributed by atoms with van der Waals surface area (Å²) < 4.78 is 34.1. The van der Waals surface area contributed by atoms with Crippen LogP contribution in [0, 0.1) is 0 Å². The van der Waals surface area contributed by atoms with Crippen LogP contribution in [0.5, 0.6) is 5.75 Å². The Morgan fingerprint density at radius 3 is 2.64 bits per heavy atom. The molecular weight excluding hydrogens is 559 g/mol. The zero-order chi connectivity index (χ0) is 28.2. The fourth-order valence-electron chi connectivity index (χ4n) is 4.56. The van der Waals surface area contributed by atoms with Gasteiger partial charge in [0.1, 0.15) is 27.4 Å². The van der Waals surface area contributed by atoms with Gasteiger partial charge in [0.25, 0.3) is 0 Å². The summed E-state index contributed by atoms with van der Waals surface area (Å²) in [5.74, 6) is 1.08. The van der Waals surface area contributed by atoms with E-state index in [0.717, 1.165) is 27.7 Å². The molecule has 1 unspecified atom stereocenters. The number of carbonyl (C=O) groups is 1. The van der Waals surface area contributed by atoms with Crippen molar-refractivity contribution in [3.05, 3.63) is 99.9 Å². The van der Waals surface area contributed by atoms with Gasteiger partial charge in [0, 0.05) is 39.5 Å². The molecule has 0 radical (unpaired) electrons. The SMILES string of the molecule is C=C/C(Cl)=C\C=C(/C)OC(=O)N1CCc2c([nH]c3ccc(Cl)cc23)C1c1ccc(OCCCS(C)(=O)=O)cc1. The highest BCUT2D eigenvalue weighted by molar-refractivity contribution is 7.90. The highest BCUT2D eigenvalue weighted by atomic mass is 35.5. The number of aromatic nitrogens is 1. The number of aromatic amines is 1. The number of nitrogens with zero attached hydrogens (tertiary/aromatic N) is 1. The third kappa shape index (κ3) is 7.26. The van der Waals surface area contributed by atoms with Gasteiger partial charge in [-0.1, -0.05) is 48.0 Å². The highest BCUT2D eigenvalue weighted by Gasteiger charge is 2.35. The molecule has 1 atom stereocenters. The molecule has 206 valence electrons. The molecule has 0 saturated carbocycles. The van der Waals surface area contributed by atoms with Crippen LogP contribution in [-0.2, 0) is 21.0 Å². The number of H-pyrrole nitrogens is 1. The number of nitrogens with one attached hydrogen (secondary N) is 1. The van der Waals surface area contributed by atoms with Crippen molar-refractivity contribution in [3.63, 3.8) is 0 Å². The van der Waals surface area contributed by atoms with Crippen LogP contribution in [0.25, 0.3) is 10.9 Å². The number of halogens is 2. The van der Waals surface area contributed by atoms with Crippen molar-refractivity contribution in [2.45, 2.75) is 25.8 Å². The molecule has 7 nitrogen and oxygen atoms in total. The summed E-state index contributed by atoms with van der Waals surface area (Å²) in [6, 6.07) is 12.7. The van der Waals surface area contributed by atoms with Crippen molar-refractivity contribution < 1.29 is 22.7 Å². The van der Waals surface area contributed by atoms with Gasteiger partial charge in [-0.2, -0.15) is 0 Å². The number of rotatable bonds is 9. The van der Waals surface area contributed by atoms with E-state index in [1.54, 1.807) is 24.0 Å². The highest BCUT2D eigenvalue weighted by Crippen LogP contribution is 2.40. The van der Waals surface area contributed by atoms with E-state index in [1.807, 2.05) is 42.5 Å². The lowest BCUT2D eigenvalue weighted by Gasteiger charge is -2.35. The zero-order valence-electron chi connectivity index (χ0n) is 21.7. The first-order valence-electron chi connectivity index (χ1n) is 12.4. The summed E-state index contributed by atoms with van der Waals surface area (Å²) in [5.41, 5.74) is 3.81. The first-order chi connectivity index (χ1) is 18.6. The van der Waals surface area contributed by atoms with Crippen molar-refractivity contribution in [2.24, 2.45) is 0 Å². The topological polar surface area (TPSA) is 88.7 Å². The van der Waals surface area contributed by atoms with Crippen LogP contribution in [0.4, 0.5) is 4.79 Å². The molecule has 1 N–H and O–H groups in total. The lowest BCUT2D eigenvalue weighted by molar-refractivity contribution is 0.113. The molecule has 1 aromatic heterocycles. The van der Waals surface area contributed by atoms with E-state index in [2.05, 4.69) is 11.6 Å². The second-order valence-corrected chi connectivity index (χ2v) is 12.5. The second kappa shape index (κ2) is 12.3. The minimum absolute atomic E-state index is 0.0703. The normalized spacial score (nSPS) is 16.2. The number of carbonyl (C=O) groups excluding carboxylic acids is 1. The number of hydrogen-bond donors (Lipinski definition) is 1. The number of fused-ring (bicyclic) bond motifs is 3. The molecule has 4 rings (SSSR count). The van der Waals surface area contributed by atoms with E-state index in [4.69, 9.17) is 32.7 Å². The summed E-state index contributed by atoms with van der Waals surface area (Å²) in [7, 11) is -3.03. The van der Waals surface area contributed by atoms with Crippen molar-refractivity contribution in [2.75, 3.05) is 25.2 Å². The molecule has 10 heteroatoms. The van der Waals surface area contributed by atoms with Gasteiger partial charge in [-0.25, -0.2) is 13.2 Å². The molecule has 0 saturated heterocycles. The number of benzene rings is 2. The fourth-order valence-corrected chi connectivity index (χ4v) is 5.43. The second-order valence-electron chi connectivity index (χ2n) is 9.35. The van der Waals surface area contributed by atoms with Gasteiger partial charge in [0.15, 0.2) is 0 Å². The van der Waals surface area contributed by atoms with Gasteiger partial charge < -0.3 is 14.5 Å². The molecule has 2 aromatic carbocycles. The molecular formula is C29H30Cl2N2O5S. The van der Waals surface area contributed by atoms with E-state index in [1.165, 1.54) is 12.3 Å². The predicted molar refractivity (Wildman–Crippen MR) is 156 cm³/mol. The summed E-state index contributed by atoms with van der Waals surface area (Å²) in [4.78, 5) is 18.6. The minimum Gasteiger partial charge on any atom is -0.494 e. The summed E-state index contributed by atoms with van der Waals surface area (Å²) in [6.45, 7) is 6.02. The van der Waals surface area contributed by atoms with Gasteiger partial charge in [-0.05, 0) is 73.4 Å². The van der Waals surface area contributed by atoms with E-state index in [-0.39, 0.29) is 12.4 Å². The molecule has 2 heterocycles. The fraction of sp³-hybridized carbons (Fsp3) is 0.276. The van der Waals surface area contributed by atoms with Crippen LogP contribution >= 0.6 is 23.2 Å². The van der Waals surface area contributed by atoms with Crippen LogP contribution < -0.4 is 4.74 Å². The number of allylic oxidation sites excluding steroid dienone is 5. The van der Waals surface area contributed by atoms with E-state index in [0.29, 0.717) is 40.9 Å². The summed E-state index contributed by atoms with van der Waals surface area (Å²) in [5, 5.41) is 2.11. The Balaban J connectivity index is 1.63. The number of sulfone groups is 1. The third-order valence-electron chi connectivity index (χ3n) is 6.37. The maximum absolute atomic E-state index is 13.4. The van der Waals surface area contributed by atoms with Crippen molar-refractivity contribution in [1.82, 2.24) is 9.88 Å². The molecule has 1 aliphatic rings. The summed E-state index contributed by atoms with van der Waals surface area (Å²) >= 11 is 12.3. The van der Waals surface area contributed by atoms with Crippen LogP contribution in [0.2, 0.25) is 5.02 Å². The number of amides is 1. The van der Waals surface area contributed by atoms with Gasteiger partial charge >= 0.3 is 6.09 Å². The molecule has 0 spiro atoms. The maximum Gasteiger partial charge on any atom is 0.415 e. The standard InChI is InChI=1S/C29H30Cl2N2O5S/c1-4-21(30)9-6-19(2)38-29(34)33-15-14-24-25-18-22(31)10-13-26(25)32-27(24)28(33)20-7-11-23(12-8-20)37-16-5-17-39(3,35)36/h4,6-13,18,28,32H,1,5,14-17H2,2-3H3/b19-6+,21-9+. The predicted octanol–water partition coefficient (Wildman–Crippen LogP) is 6.93. The Labute approximate surface area is 238 Å². The Kier molecular flexibility index (Phi) is 9.10. The third-order valence-corrected chi connectivity index (χ3v) is 7.91. The lowest BCUT2D eigenvalue weighted by atomic mass is 9.92. The average Bonchev–Trinajstić information content (AvgIpc) is 3.26. The first-order valence-corrected chi connectivity index (χ1v) is 15.2. The molecule has 0 fully saturated rings. The minimum atomic E-state index is -3.03. The van der Waals surface area contributed by atoms with Gasteiger partial charge in [0.2, 0.25) is 0 Å². The quantitative estimate of drug-likeness (QED) is 0.166. The van der Waals surface area contributed by atoms with E-state index in [9.17, 15) is 13.2 Å². The number of ether oxygens (including phenoxy) is 2. The maximum atomic E-state index is 13.4. The smallest absolute Gasteiger partial charge is 0.415 e. The largest absolute Gasteiger partial charge is 0.494 e. The Hall–Kier alpha value is -3.20. The van der Waals surface area contributed by atoms with Crippen LogP contribution in [0.1, 0.15) is 36.2 Å². The molecule has 1 aliphatic heterocycles. The number of hydrogen-bond acceptors (Lipinski definition) is 5. The van der Waals surface area contributed by atoms with Crippen molar-refractivity contribution in [1.29, 1.82) is 0 Å². The van der Waals surface area contributed by atoms with E-state index < -0.39 is 22.0 Å². The molecule has 1 amide bonds. The Morgan fingerprint density at radius 2 is 1.95 bits per heavy atom. The summed E-state index contributed by atoms with van der Waals surface area (Å²) in [6.07, 6.45) is 6.49. The first kappa shape index (κ1) is 28.8. The van der Waals surface area contributed by atoms with Gasteiger partial charge in [0.05, 0.1) is 12.4 Å². The molecule has 0 bridgehead atoms. The van der Waals surface area contributed by atoms with E-state index >= 15 is 0 Å². The molecule has 3 aromatic rings. The van der Waals surface area contributed by atoms with Crippen LogP contribution in [0.15, 0.2) is 78.1 Å². The molecule has 0 aliphatic carbocycles. The lowest BCUT2D eigenvalue weighted by Crippen LogP contribution is -2.40. The molecule has 39 heavy (non-hydrogen) atoms. The van der Waals surface area contributed by atoms with Gasteiger partial charge in [-0.15, -0.1) is 0 Å². The Bertz CT molecular complexity index is 1540. The van der Waals surface area contributed by atoms with Crippen LogP contribution in [-0.4, -0.2) is 49.6 Å². The van der Waals surface area contributed by atoms with Crippen LogP contribution in [0.3, 0.4) is 0 Å². The van der Waals surface area contributed by atoms with Crippen molar-refractivity contribution >= 4 is 50.0 Å². The Morgan fingerprint density at radius 1 is 1.21 bits per heavy atom.